The summed E-state index contributed by atoms with van der Waals surface area (Å²) in [6.07, 6.45) is 5.78. The first-order chi connectivity index (χ1) is 6.67. The average molecular weight is 190 g/mol. The Balaban J connectivity index is 2.65. The minimum Gasteiger partial charge on any atom is -0.385 e. The van der Waals surface area contributed by atoms with Crippen molar-refractivity contribution in [2.75, 3.05) is 0 Å². The summed E-state index contributed by atoms with van der Waals surface area (Å²) in [5, 5.41) is 10.2. The second-order valence-corrected chi connectivity index (χ2v) is 3.75. The van der Waals surface area contributed by atoms with Crippen LogP contribution < -0.4 is 0 Å². The molecular formula is C13H18O. The predicted molar refractivity (Wildman–Crippen MR) is 60.1 cm³/mol. The van der Waals surface area contributed by atoms with Gasteiger partial charge in [0.1, 0.15) is 0 Å². The van der Waals surface area contributed by atoms with Gasteiger partial charge >= 0.3 is 0 Å². The molecule has 0 fully saturated rings. The number of benzene rings is 1. The lowest BCUT2D eigenvalue weighted by Crippen LogP contribution is -2.20. The van der Waals surface area contributed by atoms with E-state index in [0.717, 1.165) is 18.4 Å². The fourth-order valence-electron chi connectivity index (χ4n) is 1.47. The van der Waals surface area contributed by atoms with Crippen LogP contribution in [0.2, 0.25) is 0 Å². The molecule has 0 radical (unpaired) electrons. The fraction of sp³-hybridized carbons (Fsp3) is 0.385. The summed E-state index contributed by atoms with van der Waals surface area (Å²) in [4.78, 5) is 0. The second-order valence-electron chi connectivity index (χ2n) is 3.75. The van der Waals surface area contributed by atoms with Crippen molar-refractivity contribution < 1.29 is 5.11 Å². The number of hydrogen-bond acceptors (Lipinski definition) is 1. The van der Waals surface area contributed by atoms with E-state index < -0.39 is 5.60 Å². The van der Waals surface area contributed by atoms with E-state index >= 15 is 0 Å². The van der Waals surface area contributed by atoms with Crippen LogP contribution in [0.5, 0.6) is 0 Å². The SMILES string of the molecule is C/C=C\CCC(C)(O)c1ccccc1. The Bertz CT molecular complexity index is 285. The molecule has 1 rings (SSSR count). The summed E-state index contributed by atoms with van der Waals surface area (Å²) in [5.74, 6) is 0. The van der Waals surface area contributed by atoms with Crippen molar-refractivity contribution in [1.82, 2.24) is 0 Å². The third-order valence-corrected chi connectivity index (χ3v) is 2.43. The van der Waals surface area contributed by atoms with Crippen LogP contribution in [0.25, 0.3) is 0 Å². The van der Waals surface area contributed by atoms with Gasteiger partial charge in [-0.3, -0.25) is 0 Å². The first-order valence-electron chi connectivity index (χ1n) is 5.06. The molecule has 0 aromatic heterocycles. The number of aliphatic hydroxyl groups is 1. The molecule has 0 saturated heterocycles. The molecule has 0 spiro atoms. The Hall–Kier alpha value is -1.08. The summed E-state index contributed by atoms with van der Waals surface area (Å²) in [7, 11) is 0. The molecule has 0 aliphatic rings. The molecule has 1 N–H and O–H groups in total. The molecule has 1 aromatic rings. The smallest absolute Gasteiger partial charge is 0.0871 e. The highest BCUT2D eigenvalue weighted by atomic mass is 16.3. The van der Waals surface area contributed by atoms with Gasteiger partial charge in [-0.1, -0.05) is 42.5 Å². The van der Waals surface area contributed by atoms with Crippen molar-refractivity contribution in [3.05, 3.63) is 48.0 Å². The lowest BCUT2D eigenvalue weighted by Gasteiger charge is -2.23. The largest absolute Gasteiger partial charge is 0.385 e. The zero-order chi connectivity index (χ0) is 10.4. The predicted octanol–water partition coefficient (Wildman–Crippen LogP) is 3.25. The summed E-state index contributed by atoms with van der Waals surface area (Å²) in [6.45, 7) is 3.86. The van der Waals surface area contributed by atoms with Crippen LogP contribution in [0.15, 0.2) is 42.5 Å². The van der Waals surface area contributed by atoms with Gasteiger partial charge < -0.3 is 5.11 Å². The zero-order valence-electron chi connectivity index (χ0n) is 8.90. The summed E-state index contributed by atoms with van der Waals surface area (Å²) < 4.78 is 0. The molecular weight excluding hydrogens is 172 g/mol. The van der Waals surface area contributed by atoms with Gasteiger partial charge in [0.15, 0.2) is 0 Å². The van der Waals surface area contributed by atoms with Gasteiger partial charge in [0.2, 0.25) is 0 Å². The topological polar surface area (TPSA) is 20.2 Å². The lowest BCUT2D eigenvalue weighted by atomic mass is 9.91. The molecule has 76 valence electrons. The number of allylic oxidation sites excluding steroid dienone is 2. The molecule has 14 heavy (non-hydrogen) atoms. The van der Waals surface area contributed by atoms with Crippen molar-refractivity contribution >= 4 is 0 Å². The minimum atomic E-state index is -0.708. The standard InChI is InChI=1S/C13H18O/c1-3-4-8-11-13(2,14)12-9-6-5-7-10-12/h3-7,9-10,14H,8,11H2,1-2H3/b4-3-. The Morgan fingerprint density at radius 1 is 1.29 bits per heavy atom. The third kappa shape index (κ3) is 3.00. The molecule has 0 amide bonds. The second kappa shape index (κ2) is 4.97. The van der Waals surface area contributed by atoms with Gasteiger partial charge in [0.25, 0.3) is 0 Å². The fourth-order valence-corrected chi connectivity index (χ4v) is 1.47. The van der Waals surface area contributed by atoms with Crippen molar-refractivity contribution in [2.45, 2.75) is 32.3 Å². The molecule has 0 bridgehead atoms. The molecule has 0 heterocycles. The Morgan fingerprint density at radius 2 is 1.93 bits per heavy atom. The van der Waals surface area contributed by atoms with Gasteiger partial charge in [0, 0.05) is 0 Å². The highest BCUT2D eigenvalue weighted by Crippen LogP contribution is 2.25. The molecule has 1 atom stereocenters. The molecule has 1 nitrogen and oxygen atoms in total. The lowest BCUT2D eigenvalue weighted by molar-refractivity contribution is 0.0488. The third-order valence-electron chi connectivity index (χ3n) is 2.43. The Labute approximate surface area is 86.1 Å². The van der Waals surface area contributed by atoms with Crippen molar-refractivity contribution in [3.8, 4) is 0 Å². The van der Waals surface area contributed by atoms with Crippen LogP contribution in [-0.4, -0.2) is 5.11 Å². The van der Waals surface area contributed by atoms with Crippen LogP contribution in [-0.2, 0) is 5.60 Å². The van der Waals surface area contributed by atoms with E-state index in [4.69, 9.17) is 0 Å². The first kappa shape index (κ1) is 11.0. The molecule has 0 aliphatic carbocycles. The van der Waals surface area contributed by atoms with Crippen molar-refractivity contribution in [2.24, 2.45) is 0 Å². The maximum atomic E-state index is 10.2. The van der Waals surface area contributed by atoms with Crippen LogP contribution in [0.3, 0.4) is 0 Å². The molecule has 1 unspecified atom stereocenters. The van der Waals surface area contributed by atoms with E-state index in [0.29, 0.717) is 0 Å². The van der Waals surface area contributed by atoms with E-state index in [9.17, 15) is 5.11 Å². The first-order valence-corrected chi connectivity index (χ1v) is 5.06. The number of hydrogen-bond donors (Lipinski definition) is 1. The Morgan fingerprint density at radius 3 is 2.50 bits per heavy atom. The number of rotatable bonds is 4. The van der Waals surface area contributed by atoms with E-state index in [1.807, 2.05) is 50.3 Å². The van der Waals surface area contributed by atoms with E-state index in [1.165, 1.54) is 0 Å². The van der Waals surface area contributed by atoms with E-state index in [2.05, 4.69) is 6.08 Å². The highest BCUT2D eigenvalue weighted by Gasteiger charge is 2.20. The van der Waals surface area contributed by atoms with Crippen LogP contribution in [0, 0.1) is 0 Å². The van der Waals surface area contributed by atoms with Gasteiger partial charge in [-0.25, -0.2) is 0 Å². The summed E-state index contributed by atoms with van der Waals surface area (Å²) in [5.41, 5.74) is 0.283. The van der Waals surface area contributed by atoms with Crippen molar-refractivity contribution in [1.29, 1.82) is 0 Å². The average Bonchev–Trinajstić information content (AvgIpc) is 2.19. The molecule has 1 heteroatoms. The molecule has 0 saturated carbocycles. The van der Waals surface area contributed by atoms with Crippen LogP contribution in [0.4, 0.5) is 0 Å². The van der Waals surface area contributed by atoms with Gasteiger partial charge in [-0.15, -0.1) is 0 Å². The summed E-state index contributed by atoms with van der Waals surface area (Å²) in [6, 6.07) is 9.82. The van der Waals surface area contributed by atoms with Gasteiger partial charge in [0.05, 0.1) is 5.60 Å². The van der Waals surface area contributed by atoms with Gasteiger partial charge in [-0.2, -0.15) is 0 Å². The molecule has 1 aromatic carbocycles. The highest BCUT2D eigenvalue weighted by molar-refractivity contribution is 5.21. The summed E-state index contributed by atoms with van der Waals surface area (Å²) >= 11 is 0. The Kier molecular flexibility index (Phi) is 3.90. The van der Waals surface area contributed by atoms with Crippen molar-refractivity contribution in [3.63, 3.8) is 0 Å². The molecule has 0 aliphatic heterocycles. The quantitative estimate of drug-likeness (QED) is 0.722. The van der Waals surface area contributed by atoms with Crippen LogP contribution >= 0.6 is 0 Å². The zero-order valence-corrected chi connectivity index (χ0v) is 8.90. The van der Waals surface area contributed by atoms with Gasteiger partial charge in [-0.05, 0) is 32.3 Å². The van der Waals surface area contributed by atoms with E-state index in [1.54, 1.807) is 0 Å². The monoisotopic (exact) mass is 190 g/mol. The van der Waals surface area contributed by atoms with E-state index in [-0.39, 0.29) is 0 Å². The maximum Gasteiger partial charge on any atom is 0.0871 e. The normalized spacial score (nSPS) is 15.6. The maximum absolute atomic E-state index is 10.2. The van der Waals surface area contributed by atoms with Crippen LogP contribution in [0.1, 0.15) is 32.3 Å². The minimum absolute atomic E-state index is 0.708.